The van der Waals surface area contributed by atoms with Gasteiger partial charge in [-0.15, -0.1) is 0 Å². The van der Waals surface area contributed by atoms with Crippen LogP contribution in [0.5, 0.6) is 0 Å². The van der Waals surface area contributed by atoms with Crippen LogP contribution >= 0.6 is 0 Å². The Morgan fingerprint density at radius 3 is 2.29 bits per heavy atom. The molecule has 0 spiro atoms. The fraction of sp³-hybridized carbons (Fsp3) is 0.667. The summed E-state index contributed by atoms with van der Waals surface area (Å²) in [7, 11) is 2.31. The second kappa shape index (κ2) is 4.88. The summed E-state index contributed by atoms with van der Waals surface area (Å²) in [6.07, 6.45) is -1.56. The van der Waals surface area contributed by atoms with Crippen LogP contribution in [0.15, 0.2) is 0 Å². The average Bonchev–Trinajstić information content (AvgIpc) is 2.36. The highest BCUT2D eigenvalue weighted by Crippen LogP contribution is 2.21. The molecule has 0 aromatic rings. The van der Waals surface area contributed by atoms with E-state index in [1.165, 1.54) is 7.11 Å². The third-order valence-electron chi connectivity index (χ3n) is 2.42. The van der Waals surface area contributed by atoms with E-state index >= 15 is 0 Å². The first kappa shape index (κ1) is 13.1. The lowest BCUT2D eigenvalue weighted by molar-refractivity contribution is -0.0882. The molecule has 0 radical (unpaired) electrons. The van der Waals surface area contributed by atoms with Gasteiger partial charge in [0, 0.05) is 6.42 Å². The van der Waals surface area contributed by atoms with Gasteiger partial charge in [-0.3, -0.25) is 0 Å². The molecule has 1 atom stereocenters. The van der Waals surface area contributed by atoms with Gasteiger partial charge in [0.15, 0.2) is 5.60 Å². The zero-order chi connectivity index (χ0) is 13.1. The lowest BCUT2D eigenvalue weighted by Gasteiger charge is -2.40. The quantitative estimate of drug-likeness (QED) is 0.586. The van der Waals surface area contributed by atoms with Crippen LogP contribution in [0.3, 0.4) is 0 Å². The van der Waals surface area contributed by atoms with Gasteiger partial charge >= 0.3 is 12.2 Å². The molecule has 0 unspecified atom stereocenters. The van der Waals surface area contributed by atoms with Crippen molar-refractivity contribution in [3.05, 3.63) is 0 Å². The average molecular weight is 243 g/mol. The maximum atomic E-state index is 11.4. The van der Waals surface area contributed by atoms with Crippen molar-refractivity contribution in [1.29, 1.82) is 5.26 Å². The molecular weight excluding hydrogens is 230 g/mol. The molecule has 0 aliphatic carbocycles. The Balaban J connectivity index is 2.92. The molecule has 1 aliphatic heterocycles. The van der Waals surface area contributed by atoms with E-state index in [-0.39, 0.29) is 19.5 Å². The molecule has 1 rings (SSSR count). The van der Waals surface area contributed by atoms with Crippen LogP contribution in [-0.4, -0.2) is 60.2 Å². The normalized spacial score (nSPS) is 23.9. The van der Waals surface area contributed by atoms with E-state index in [1.54, 1.807) is 6.07 Å². The molecule has 0 aromatic carbocycles. The smallest absolute Gasteiger partial charge is 0.428 e. The van der Waals surface area contributed by atoms with Crippen molar-refractivity contribution in [3.63, 3.8) is 0 Å². The largest absolute Gasteiger partial charge is 0.452 e. The van der Waals surface area contributed by atoms with E-state index in [2.05, 4.69) is 9.47 Å². The number of nitriles is 1. The number of β-amino-alcohol motifs (C(OH)–C–C–N with tert-alkyl or cyclic N) is 1. The van der Waals surface area contributed by atoms with Crippen LogP contribution in [0, 0.1) is 11.3 Å². The molecule has 0 aromatic heterocycles. The van der Waals surface area contributed by atoms with Crippen molar-refractivity contribution >= 4 is 12.2 Å². The number of carbonyl (C=O) groups excluding carboxylic acids is 2. The monoisotopic (exact) mass is 243 g/mol. The lowest BCUT2D eigenvalue weighted by atomic mass is 9.99. The highest BCUT2D eigenvalue weighted by molar-refractivity contribution is 5.74. The molecule has 1 aliphatic rings. The predicted molar refractivity (Wildman–Crippen MR) is 53.4 cm³/mol. The summed E-state index contributed by atoms with van der Waals surface area (Å²) in [5, 5.41) is 20.4. The van der Waals surface area contributed by atoms with Gasteiger partial charge < -0.3 is 14.6 Å². The number of aliphatic hydroxyl groups is 1. The Hall–Kier alpha value is -2.01. The Morgan fingerprint density at radius 1 is 1.29 bits per heavy atom. The van der Waals surface area contributed by atoms with E-state index in [1.807, 2.05) is 0 Å². The zero-order valence-electron chi connectivity index (χ0n) is 9.54. The molecular formula is C9H13N3O5. The Kier molecular flexibility index (Phi) is 3.75. The Morgan fingerprint density at radius 2 is 1.82 bits per heavy atom. The first-order valence-corrected chi connectivity index (χ1v) is 4.82. The number of nitrogens with zero attached hydrogens (tertiary/aromatic N) is 3. The van der Waals surface area contributed by atoms with Crippen LogP contribution in [0.1, 0.15) is 6.42 Å². The van der Waals surface area contributed by atoms with Crippen LogP contribution in [0.2, 0.25) is 0 Å². The van der Waals surface area contributed by atoms with Crippen molar-refractivity contribution in [3.8, 4) is 6.07 Å². The third-order valence-corrected chi connectivity index (χ3v) is 2.42. The van der Waals surface area contributed by atoms with Crippen molar-refractivity contribution in [2.24, 2.45) is 0 Å². The fourth-order valence-electron chi connectivity index (χ4n) is 1.48. The summed E-state index contributed by atoms with van der Waals surface area (Å²) in [6, 6.07) is 1.69. The minimum Gasteiger partial charge on any atom is -0.452 e. The summed E-state index contributed by atoms with van der Waals surface area (Å²) >= 11 is 0. The molecule has 94 valence electrons. The summed E-state index contributed by atoms with van der Waals surface area (Å²) in [5.74, 6) is 0. The second-order valence-electron chi connectivity index (χ2n) is 3.51. The molecule has 1 N–H and O–H groups in total. The van der Waals surface area contributed by atoms with Crippen molar-refractivity contribution in [2.45, 2.75) is 12.0 Å². The second-order valence-corrected chi connectivity index (χ2v) is 3.51. The molecule has 1 fully saturated rings. The predicted octanol–water partition coefficient (Wildman–Crippen LogP) is -0.303. The zero-order valence-corrected chi connectivity index (χ0v) is 9.54. The first-order chi connectivity index (χ1) is 7.97. The van der Waals surface area contributed by atoms with Gasteiger partial charge in [0.25, 0.3) is 0 Å². The highest BCUT2D eigenvalue weighted by Gasteiger charge is 2.42. The van der Waals surface area contributed by atoms with Crippen LogP contribution < -0.4 is 0 Å². The number of hydrogen-bond donors (Lipinski definition) is 1. The van der Waals surface area contributed by atoms with Gasteiger partial charge in [-0.2, -0.15) is 5.26 Å². The van der Waals surface area contributed by atoms with Gasteiger partial charge in [-0.05, 0) is 0 Å². The van der Waals surface area contributed by atoms with E-state index in [9.17, 15) is 14.7 Å². The molecule has 2 amide bonds. The van der Waals surface area contributed by atoms with E-state index in [4.69, 9.17) is 5.26 Å². The Labute approximate surface area is 97.9 Å². The molecule has 17 heavy (non-hydrogen) atoms. The minimum absolute atomic E-state index is 0.00810. The molecule has 8 nitrogen and oxygen atoms in total. The third kappa shape index (κ3) is 2.57. The molecule has 0 bridgehead atoms. The number of carbonyl (C=O) groups is 2. The number of rotatable bonds is 0. The molecule has 1 heterocycles. The van der Waals surface area contributed by atoms with Crippen LogP contribution in [0.4, 0.5) is 9.59 Å². The fourth-order valence-corrected chi connectivity index (χ4v) is 1.48. The summed E-state index contributed by atoms with van der Waals surface area (Å²) in [6.45, 7) is -0.350. The van der Waals surface area contributed by atoms with Crippen LogP contribution in [-0.2, 0) is 9.47 Å². The van der Waals surface area contributed by atoms with Crippen molar-refractivity contribution in [1.82, 2.24) is 10.0 Å². The maximum Gasteiger partial charge on any atom is 0.428 e. The Bertz CT molecular complexity index is 366. The summed E-state index contributed by atoms with van der Waals surface area (Å²) in [4.78, 5) is 22.8. The SMILES string of the molecule is COC(=O)N1CC[C@@](O)(C#N)CN1C(=O)OC. The first-order valence-electron chi connectivity index (χ1n) is 4.82. The van der Waals surface area contributed by atoms with Gasteiger partial charge in [0.2, 0.25) is 0 Å². The van der Waals surface area contributed by atoms with Crippen molar-refractivity contribution in [2.75, 3.05) is 27.3 Å². The maximum absolute atomic E-state index is 11.4. The van der Waals surface area contributed by atoms with Gasteiger partial charge in [-0.1, -0.05) is 0 Å². The highest BCUT2D eigenvalue weighted by atomic mass is 16.6. The van der Waals surface area contributed by atoms with Crippen molar-refractivity contribution < 1.29 is 24.2 Å². The lowest BCUT2D eigenvalue weighted by Crippen LogP contribution is -2.61. The number of hydrazine groups is 1. The standard InChI is InChI=1S/C9H13N3O5/c1-16-7(13)11-4-3-9(15,5-10)6-12(11)8(14)17-2/h15H,3-4,6H2,1-2H3/t9-/m1/s1. The van der Waals surface area contributed by atoms with Gasteiger partial charge in [-0.25, -0.2) is 19.6 Å². The number of ether oxygens (including phenoxy) is 2. The van der Waals surface area contributed by atoms with Crippen LogP contribution in [0.25, 0.3) is 0 Å². The topological polar surface area (TPSA) is 103 Å². The van der Waals surface area contributed by atoms with Gasteiger partial charge in [0.05, 0.1) is 33.4 Å². The number of amides is 2. The van der Waals surface area contributed by atoms with E-state index in [0.717, 1.165) is 17.1 Å². The van der Waals surface area contributed by atoms with E-state index in [0.29, 0.717) is 0 Å². The minimum atomic E-state index is -1.68. The summed E-state index contributed by atoms with van der Waals surface area (Å²) < 4.78 is 8.96. The van der Waals surface area contributed by atoms with E-state index < -0.39 is 17.8 Å². The molecule has 0 saturated carbocycles. The molecule has 8 heteroatoms. The number of methoxy groups -OCH3 is 2. The number of hydrogen-bond acceptors (Lipinski definition) is 6. The van der Waals surface area contributed by atoms with Gasteiger partial charge in [0.1, 0.15) is 0 Å². The summed E-state index contributed by atoms with van der Waals surface area (Å²) in [5.41, 5.74) is -1.68. The molecule has 1 saturated heterocycles.